The lowest BCUT2D eigenvalue weighted by atomic mass is 10.1. The smallest absolute Gasteiger partial charge is 0.416 e. The molecule has 0 aliphatic carbocycles. The van der Waals surface area contributed by atoms with E-state index in [4.69, 9.17) is 11.6 Å². The lowest BCUT2D eigenvalue weighted by Gasteiger charge is -2.08. The summed E-state index contributed by atoms with van der Waals surface area (Å²) in [5.74, 6) is -2.09. The summed E-state index contributed by atoms with van der Waals surface area (Å²) in [4.78, 5) is 33.7. The molecule has 6 nitrogen and oxygen atoms in total. The van der Waals surface area contributed by atoms with Crippen LogP contribution in [0.5, 0.6) is 0 Å². The lowest BCUT2D eigenvalue weighted by Crippen LogP contribution is -2.37. The van der Waals surface area contributed by atoms with Crippen LogP contribution < -0.4 is 10.6 Å². The lowest BCUT2D eigenvalue weighted by molar-refractivity contribution is -0.143. The second-order valence-electron chi connectivity index (χ2n) is 4.63. The highest BCUT2D eigenvalue weighted by molar-refractivity contribution is 6.32. The number of nitrogens with one attached hydrogen (secondary N) is 2. The first-order valence-corrected chi connectivity index (χ1v) is 7.20. The Morgan fingerprint density at radius 1 is 1.24 bits per heavy atom. The molecule has 0 saturated heterocycles. The highest BCUT2D eigenvalue weighted by Crippen LogP contribution is 2.32. The molecule has 136 valence electrons. The normalized spacial score (nSPS) is 11.2. The van der Waals surface area contributed by atoms with Gasteiger partial charge in [0.1, 0.15) is 0 Å². The van der Waals surface area contributed by atoms with Crippen LogP contribution in [0.4, 0.5) is 13.2 Å². The summed E-state index contributed by atoms with van der Waals surface area (Å²) >= 11 is 5.77. The molecule has 0 aliphatic heterocycles. The molecule has 0 aromatic heterocycles. The van der Waals surface area contributed by atoms with Crippen molar-refractivity contribution in [2.75, 3.05) is 20.2 Å². The average molecular weight is 379 g/mol. The number of likely N-dealkylation sites (N-methyl/N-ethyl adjacent to an activating group) is 1. The van der Waals surface area contributed by atoms with Gasteiger partial charge in [0.05, 0.1) is 12.1 Å². The number of carbonyl (C=O) groups is 3. The molecule has 0 aliphatic rings. The third-order valence-electron chi connectivity index (χ3n) is 2.79. The molecule has 25 heavy (non-hydrogen) atoms. The van der Waals surface area contributed by atoms with Crippen molar-refractivity contribution in [3.05, 3.63) is 40.4 Å². The number of carbonyl (C=O) groups excluding carboxylic acids is 3. The summed E-state index contributed by atoms with van der Waals surface area (Å²) in [6.45, 7) is -0.918. The molecule has 10 heteroatoms. The van der Waals surface area contributed by atoms with Gasteiger partial charge in [-0.05, 0) is 29.8 Å². The Labute approximate surface area is 146 Å². The van der Waals surface area contributed by atoms with Crippen LogP contribution in [0.1, 0.15) is 11.1 Å². The van der Waals surface area contributed by atoms with Gasteiger partial charge in [-0.25, -0.2) is 4.79 Å². The monoisotopic (exact) mass is 378 g/mol. The van der Waals surface area contributed by atoms with E-state index in [9.17, 15) is 27.6 Å². The largest absolute Gasteiger partial charge is 0.452 e. The molecule has 2 N–H and O–H groups in total. The maximum Gasteiger partial charge on any atom is 0.416 e. The molecule has 0 bridgehead atoms. The molecule has 0 unspecified atom stereocenters. The van der Waals surface area contributed by atoms with E-state index in [1.807, 2.05) is 0 Å². The zero-order chi connectivity index (χ0) is 19.0. The minimum atomic E-state index is -4.55. The van der Waals surface area contributed by atoms with E-state index in [0.717, 1.165) is 30.4 Å². The van der Waals surface area contributed by atoms with Crippen LogP contribution in [0, 0.1) is 0 Å². The van der Waals surface area contributed by atoms with E-state index >= 15 is 0 Å². The van der Waals surface area contributed by atoms with Crippen LogP contribution in [0.3, 0.4) is 0 Å². The maximum absolute atomic E-state index is 12.6. The predicted octanol–water partition coefficient (Wildman–Crippen LogP) is 1.78. The van der Waals surface area contributed by atoms with Gasteiger partial charge in [0.25, 0.3) is 5.91 Å². The first kappa shape index (κ1) is 20.5. The maximum atomic E-state index is 12.6. The fourth-order valence-electron chi connectivity index (χ4n) is 1.51. The Morgan fingerprint density at radius 3 is 2.52 bits per heavy atom. The Hall–Kier alpha value is -2.55. The van der Waals surface area contributed by atoms with Gasteiger partial charge in [0.15, 0.2) is 6.61 Å². The van der Waals surface area contributed by atoms with Crippen LogP contribution in [0.25, 0.3) is 6.08 Å². The van der Waals surface area contributed by atoms with E-state index in [0.29, 0.717) is 0 Å². The van der Waals surface area contributed by atoms with Gasteiger partial charge in [-0.1, -0.05) is 11.6 Å². The van der Waals surface area contributed by atoms with Crippen molar-refractivity contribution in [3.63, 3.8) is 0 Å². The Kier molecular flexibility index (Phi) is 7.43. The number of ether oxygens (including phenoxy) is 1. The second-order valence-corrected chi connectivity index (χ2v) is 5.03. The number of hydrogen-bond donors (Lipinski definition) is 2. The van der Waals surface area contributed by atoms with Crippen molar-refractivity contribution in [1.29, 1.82) is 0 Å². The number of benzene rings is 1. The number of rotatable bonds is 6. The van der Waals surface area contributed by atoms with Gasteiger partial charge in [-0.3, -0.25) is 9.59 Å². The second kappa shape index (κ2) is 9.07. The average Bonchev–Trinajstić information content (AvgIpc) is 2.55. The van der Waals surface area contributed by atoms with Gasteiger partial charge in [0.2, 0.25) is 5.91 Å². The van der Waals surface area contributed by atoms with E-state index in [2.05, 4.69) is 15.4 Å². The molecule has 1 aromatic rings. The number of amides is 2. The number of halogens is 4. The standard InChI is InChI=1S/C15H14ClF3N2O4/c1-20-12(22)7-21-13(23)8-25-14(24)5-2-9-6-10(15(17,18)19)3-4-11(9)16/h2-6H,7-8H2,1H3,(H,20,22)(H,21,23)/b5-2+. The zero-order valence-corrected chi connectivity index (χ0v) is 13.7. The minimum Gasteiger partial charge on any atom is -0.452 e. The molecule has 0 heterocycles. The Balaban J connectivity index is 2.60. The van der Waals surface area contributed by atoms with Gasteiger partial charge in [0, 0.05) is 18.1 Å². The van der Waals surface area contributed by atoms with E-state index in [1.165, 1.54) is 7.05 Å². The Bertz CT molecular complexity index is 690. The van der Waals surface area contributed by atoms with Crippen LogP contribution in [0.15, 0.2) is 24.3 Å². The fourth-order valence-corrected chi connectivity index (χ4v) is 1.69. The predicted molar refractivity (Wildman–Crippen MR) is 83.5 cm³/mol. The molecular formula is C15H14ClF3N2O4. The van der Waals surface area contributed by atoms with Gasteiger partial charge in [-0.15, -0.1) is 0 Å². The first-order chi connectivity index (χ1) is 11.6. The number of alkyl halides is 3. The van der Waals surface area contributed by atoms with E-state index in [1.54, 1.807) is 0 Å². The Morgan fingerprint density at radius 2 is 1.92 bits per heavy atom. The van der Waals surface area contributed by atoms with Crippen molar-refractivity contribution in [2.45, 2.75) is 6.18 Å². The molecule has 0 saturated carbocycles. The molecule has 2 amide bonds. The summed E-state index contributed by atoms with van der Waals surface area (Å²) in [5, 5.41) is 4.49. The number of esters is 1. The van der Waals surface area contributed by atoms with Crippen molar-refractivity contribution >= 4 is 35.5 Å². The highest BCUT2D eigenvalue weighted by atomic mass is 35.5. The molecule has 0 spiro atoms. The molecule has 1 aromatic carbocycles. The minimum absolute atomic E-state index is 0.0142. The highest BCUT2D eigenvalue weighted by Gasteiger charge is 2.30. The first-order valence-electron chi connectivity index (χ1n) is 6.82. The fraction of sp³-hybridized carbons (Fsp3) is 0.267. The summed E-state index contributed by atoms with van der Waals surface area (Å²) in [7, 11) is 1.39. The van der Waals surface area contributed by atoms with Crippen LogP contribution in [0.2, 0.25) is 5.02 Å². The molecule has 1 rings (SSSR count). The van der Waals surface area contributed by atoms with Crippen LogP contribution >= 0.6 is 11.6 Å². The van der Waals surface area contributed by atoms with E-state index < -0.39 is 36.1 Å². The van der Waals surface area contributed by atoms with Crippen molar-refractivity contribution < 1.29 is 32.3 Å². The van der Waals surface area contributed by atoms with Gasteiger partial charge in [-0.2, -0.15) is 13.2 Å². The molecular weight excluding hydrogens is 365 g/mol. The van der Waals surface area contributed by atoms with Gasteiger partial charge >= 0.3 is 12.1 Å². The summed E-state index contributed by atoms with van der Waals surface area (Å²) < 4.78 is 42.5. The van der Waals surface area contributed by atoms with Crippen LogP contribution in [-0.2, 0) is 25.3 Å². The summed E-state index contributed by atoms with van der Waals surface area (Å²) in [6.07, 6.45) is -2.66. The zero-order valence-electron chi connectivity index (χ0n) is 12.9. The molecule has 0 fully saturated rings. The van der Waals surface area contributed by atoms with Crippen molar-refractivity contribution in [1.82, 2.24) is 10.6 Å². The van der Waals surface area contributed by atoms with Crippen molar-refractivity contribution in [3.8, 4) is 0 Å². The molecule has 0 radical (unpaired) electrons. The van der Waals surface area contributed by atoms with Gasteiger partial charge < -0.3 is 15.4 Å². The SMILES string of the molecule is CNC(=O)CNC(=O)COC(=O)/C=C/c1cc(C(F)(F)F)ccc1Cl. The summed E-state index contributed by atoms with van der Waals surface area (Å²) in [5.41, 5.74) is -0.948. The van der Waals surface area contributed by atoms with Crippen molar-refractivity contribution in [2.24, 2.45) is 0 Å². The third kappa shape index (κ3) is 7.25. The quantitative estimate of drug-likeness (QED) is 0.584. The third-order valence-corrected chi connectivity index (χ3v) is 3.14. The summed E-state index contributed by atoms with van der Waals surface area (Å²) in [6, 6.07) is 2.65. The van der Waals surface area contributed by atoms with E-state index in [-0.39, 0.29) is 17.1 Å². The topological polar surface area (TPSA) is 84.5 Å². The molecule has 0 atom stereocenters. The van der Waals surface area contributed by atoms with Crippen LogP contribution in [-0.4, -0.2) is 38.0 Å². The number of hydrogen-bond acceptors (Lipinski definition) is 4.